The SMILES string of the molecule is CC(C)CC1(C2CCN(C(=O)C3CCC3)CC2)NC(=O)N(Cc2cccs2)C1=O. The van der Waals surface area contributed by atoms with Crippen molar-refractivity contribution in [2.24, 2.45) is 17.8 Å². The fourth-order valence-electron chi connectivity index (χ4n) is 5.08. The van der Waals surface area contributed by atoms with Crippen molar-refractivity contribution in [1.82, 2.24) is 15.1 Å². The number of carbonyl (C=O) groups is 3. The maximum absolute atomic E-state index is 13.5. The summed E-state index contributed by atoms with van der Waals surface area (Å²) in [5, 5.41) is 5.07. The number of likely N-dealkylation sites (tertiary alicyclic amines) is 1. The van der Waals surface area contributed by atoms with E-state index in [2.05, 4.69) is 19.2 Å². The summed E-state index contributed by atoms with van der Waals surface area (Å²) >= 11 is 1.56. The van der Waals surface area contributed by atoms with Crippen molar-refractivity contribution < 1.29 is 14.4 Å². The van der Waals surface area contributed by atoms with E-state index in [-0.39, 0.29) is 35.6 Å². The number of hydrogen-bond donors (Lipinski definition) is 1. The number of imide groups is 1. The highest BCUT2D eigenvalue weighted by molar-refractivity contribution is 7.09. The fourth-order valence-corrected chi connectivity index (χ4v) is 5.77. The molecule has 1 N–H and O–H groups in total. The summed E-state index contributed by atoms with van der Waals surface area (Å²) in [5.41, 5.74) is -0.839. The van der Waals surface area contributed by atoms with Crippen LogP contribution in [0.1, 0.15) is 57.2 Å². The molecule has 3 heterocycles. The molecule has 3 fully saturated rings. The summed E-state index contributed by atoms with van der Waals surface area (Å²) in [5.74, 6) is 0.767. The van der Waals surface area contributed by atoms with Crippen LogP contribution in [0.4, 0.5) is 4.79 Å². The minimum Gasteiger partial charge on any atom is -0.342 e. The van der Waals surface area contributed by atoms with E-state index < -0.39 is 5.54 Å². The van der Waals surface area contributed by atoms with Crippen molar-refractivity contribution in [3.8, 4) is 0 Å². The minimum atomic E-state index is -0.839. The minimum absolute atomic E-state index is 0.0696. The second-order valence-corrected chi connectivity index (χ2v) is 10.2. The van der Waals surface area contributed by atoms with Gasteiger partial charge in [0.2, 0.25) is 5.91 Å². The van der Waals surface area contributed by atoms with Gasteiger partial charge in [0.05, 0.1) is 6.54 Å². The number of amides is 4. The van der Waals surface area contributed by atoms with E-state index in [4.69, 9.17) is 0 Å². The Morgan fingerprint density at radius 1 is 1.24 bits per heavy atom. The highest BCUT2D eigenvalue weighted by Crippen LogP contribution is 2.39. The first-order valence-electron chi connectivity index (χ1n) is 10.9. The van der Waals surface area contributed by atoms with Crippen LogP contribution in [-0.2, 0) is 16.1 Å². The van der Waals surface area contributed by atoms with Crippen LogP contribution >= 0.6 is 11.3 Å². The van der Waals surface area contributed by atoms with E-state index in [0.29, 0.717) is 26.1 Å². The monoisotopic (exact) mass is 417 g/mol. The Balaban J connectivity index is 1.49. The van der Waals surface area contributed by atoms with Crippen LogP contribution < -0.4 is 5.32 Å². The quantitative estimate of drug-likeness (QED) is 0.719. The highest BCUT2D eigenvalue weighted by atomic mass is 32.1. The lowest BCUT2D eigenvalue weighted by Crippen LogP contribution is -2.57. The third-order valence-corrected chi connectivity index (χ3v) is 7.65. The molecule has 4 amide bonds. The summed E-state index contributed by atoms with van der Waals surface area (Å²) in [6.07, 6.45) is 5.36. The average Bonchev–Trinajstić information content (AvgIpc) is 3.23. The molecule has 0 bridgehead atoms. The molecule has 1 atom stereocenters. The molecule has 2 saturated heterocycles. The van der Waals surface area contributed by atoms with E-state index in [1.165, 1.54) is 4.90 Å². The van der Waals surface area contributed by atoms with Crippen molar-refractivity contribution >= 4 is 29.2 Å². The van der Waals surface area contributed by atoms with Crippen LogP contribution in [0.25, 0.3) is 0 Å². The van der Waals surface area contributed by atoms with Crippen LogP contribution in [0.2, 0.25) is 0 Å². The van der Waals surface area contributed by atoms with Crippen molar-refractivity contribution in [2.75, 3.05) is 13.1 Å². The molecule has 4 rings (SSSR count). The second kappa shape index (κ2) is 8.09. The number of nitrogens with one attached hydrogen (secondary N) is 1. The Morgan fingerprint density at radius 3 is 2.52 bits per heavy atom. The van der Waals surface area contributed by atoms with Gasteiger partial charge in [-0.3, -0.25) is 14.5 Å². The molecule has 1 unspecified atom stereocenters. The molecular formula is C22H31N3O3S. The van der Waals surface area contributed by atoms with Crippen LogP contribution in [0.3, 0.4) is 0 Å². The van der Waals surface area contributed by atoms with Gasteiger partial charge in [0.1, 0.15) is 5.54 Å². The van der Waals surface area contributed by atoms with Gasteiger partial charge < -0.3 is 10.2 Å². The molecule has 1 saturated carbocycles. The van der Waals surface area contributed by atoms with Gasteiger partial charge in [0.15, 0.2) is 0 Å². The fraction of sp³-hybridized carbons (Fsp3) is 0.682. The van der Waals surface area contributed by atoms with Crippen LogP contribution in [0, 0.1) is 17.8 Å². The molecule has 158 valence electrons. The maximum atomic E-state index is 13.5. The largest absolute Gasteiger partial charge is 0.342 e. The van der Waals surface area contributed by atoms with Gasteiger partial charge in [-0.05, 0) is 55.4 Å². The zero-order valence-corrected chi connectivity index (χ0v) is 18.2. The predicted octanol–water partition coefficient (Wildman–Crippen LogP) is 3.62. The number of carbonyl (C=O) groups excluding carboxylic acids is 3. The molecule has 1 aliphatic carbocycles. The Bertz CT molecular complexity index is 766. The Hall–Kier alpha value is -1.89. The molecule has 0 radical (unpaired) electrons. The van der Waals surface area contributed by atoms with E-state index in [1.807, 2.05) is 22.4 Å². The summed E-state index contributed by atoms with van der Waals surface area (Å²) in [6, 6.07) is 3.62. The van der Waals surface area contributed by atoms with Gasteiger partial charge in [-0.1, -0.05) is 26.3 Å². The first kappa shape index (κ1) is 20.4. The second-order valence-electron chi connectivity index (χ2n) is 9.20. The van der Waals surface area contributed by atoms with Gasteiger partial charge in [-0.2, -0.15) is 0 Å². The zero-order valence-electron chi connectivity index (χ0n) is 17.4. The van der Waals surface area contributed by atoms with E-state index in [1.54, 1.807) is 11.3 Å². The zero-order chi connectivity index (χ0) is 20.6. The van der Waals surface area contributed by atoms with E-state index in [9.17, 15) is 14.4 Å². The number of nitrogens with zero attached hydrogens (tertiary/aromatic N) is 2. The molecule has 6 nitrogen and oxygen atoms in total. The van der Waals surface area contributed by atoms with Gasteiger partial charge in [0.25, 0.3) is 5.91 Å². The van der Waals surface area contributed by atoms with Crippen LogP contribution in [0.5, 0.6) is 0 Å². The van der Waals surface area contributed by atoms with Crippen molar-refractivity contribution in [1.29, 1.82) is 0 Å². The Morgan fingerprint density at radius 2 is 1.97 bits per heavy atom. The molecule has 3 aliphatic rings. The Labute approximate surface area is 176 Å². The predicted molar refractivity (Wildman–Crippen MR) is 112 cm³/mol. The van der Waals surface area contributed by atoms with Crippen molar-refractivity contribution in [3.05, 3.63) is 22.4 Å². The van der Waals surface area contributed by atoms with Crippen molar-refractivity contribution in [2.45, 2.75) is 64.5 Å². The molecule has 1 aromatic rings. The first-order chi connectivity index (χ1) is 13.9. The number of thiophene rings is 1. The van der Waals surface area contributed by atoms with Gasteiger partial charge in [0, 0.05) is 23.9 Å². The maximum Gasteiger partial charge on any atom is 0.325 e. The summed E-state index contributed by atoms with van der Waals surface area (Å²) < 4.78 is 0. The molecule has 2 aliphatic heterocycles. The summed E-state index contributed by atoms with van der Waals surface area (Å²) in [4.78, 5) is 43.3. The summed E-state index contributed by atoms with van der Waals surface area (Å²) in [6.45, 7) is 5.90. The first-order valence-corrected chi connectivity index (χ1v) is 11.7. The molecule has 29 heavy (non-hydrogen) atoms. The third kappa shape index (κ3) is 3.81. The third-order valence-electron chi connectivity index (χ3n) is 6.78. The van der Waals surface area contributed by atoms with E-state index >= 15 is 0 Å². The highest BCUT2D eigenvalue weighted by Gasteiger charge is 2.56. The number of urea groups is 1. The lowest BCUT2D eigenvalue weighted by molar-refractivity contribution is -0.141. The Kier molecular flexibility index (Phi) is 5.69. The van der Waals surface area contributed by atoms with Crippen LogP contribution in [0.15, 0.2) is 17.5 Å². The van der Waals surface area contributed by atoms with E-state index in [0.717, 1.165) is 37.0 Å². The number of hydrogen-bond acceptors (Lipinski definition) is 4. The average molecular weight is 418 g/mol. The van der Waals surface area contributed by atoms with Crippen LogP contribution in [-0.4, -0.2) is 46.3 Å². The van der Waals surface area contributed by atoms with Crippen molar-refractivity contribution in [3.63, 3.8) is 0 Å². The van der Waals surface area contributed by atoms with Gasteiger partial charge in [-0.15, -0.1) is 11.3 Å². The molecular weight excluding hydrogens is 386 g/mol. The van der Waals surface area contributed by atoms with Gasteiger partial charge >= 0.3 is 6.03 Å². The summed E-state index contributed by atoms with van der Waals surface area (Å²) in [7, 11) is 0. The molecule has 7 heteroatoms. The number of piperidine rings is 1. The number of rotatable bonds is 6. The molecule has 1 aromatic heterocycles. The standard InChI is InChI=1S/C22H31N3O3S/c1-15(2)13-22(17-8-10-24(11-9-17)19(26)16-5-3-6-16)20(27)25(21(28)23-22)14-18-7-4-12-29-18/h4,7,12,15-17H,3,5-6,8-11,13-14H2,1-2H3,(H,23,28). The lowest BCUT2D eigenvalue weighted by atomic mass is 9.72. The smallest absolute Gasteiger partial charge is 0.325 e. The lowest BCUT2D eigenvalue weighted by Gasteiger charge is -2.43. The topological polar surface area (TPSA) is 69.7 Å². The normalized spacial score (nSPS) is 26.2. The van der Waals surface area contributed by atoms with Gasteiger partial charge in [-0.25, -0.2) is 4.79 Å². The molecule has 0 aromatic carbocycles. The molecule has 0 spiro atoms.